The summed E-state index contributed by atoms with van der Waals surface area (Å²) in [6, 6.07) is 23.9. The number of aliphatic hydroxyl groups is 1. The Balaban J connectivity index is 1.31. The summed E-state index contributed by atoms with van der Waals surface area (Å²) in [6.45, 7) is 1.66. The lowest BCUT2D eigenvalue weighted by Gasteiger charge is -2.36. The van der Waals surface area contributed by atoms with E-state index in [1.54, 1.807) is 29.8 Å². The van der Waals surface area contributed by atoms with Crippen LogP contribution in [0.25, 0.3) is 5.69 Å². The highest BCUT2D eigenvalue weighted by atomic mass is 32.2. The van der Waals surface area contributed by atoms with E-state index in [4.69, 9.17) is 14.2 Å². The second kappa shape index (κ2) is 14.7. The number of amides is 2. The molecule has 13 heteroatoms. The van der Waals surface area contributed by atoms with Crippen LogP contribution in [0.1, 0.15) is 42.4 Å². The summed E-state index contributed by atoms with van der Waals surface area (Å²) in [6.07, 6.45) is -0.650. The summed E-state index contributed by atoms with van der Waals surface area (Å²) in [7, 11) is 0. The molecule has 2 amide bonds. The fourth-order valence-corrected chi connectivity index (χ4v) is 5.40. The smallest absolute Gasteiger partial charge is 0.325 e. The molecule has 3 aromatic carbocycles. The second-order valence-electron chi connectivity index (χ2n) is 9.61. The van der Waals surface area contributed by atoms with Gasteiger partial charge in [-0.2, -0.15) is 4.68 Å². The molecule has 0 aliphatic carbocycles. The highest BCUT2D eigenvalue weighted by Gasteiger charge is 2.33. The number of hydrogen-bond donors (Lipinski definition) is 3. The van der Waals surface area contributed by atoms with Crippen molar-refractivity contribution in [2.45, 2.75) is 43.6 Å². The predicted molar refractivity (Wildman–Crippen MR) is 158 cm³/mol. The minimum Gasteiger partial charge on any atom is -0.465 e. The van der Waals surface area contributed by atoms with Gasteiger partial charge in [-0.25, -0.2) is 4.79 Å². The third-order valence-corrected chi connectivity index (χ3v) is 7.62. The number of para-hydroxylation sites is 1. The lowest BCUT2D eigenvalue weighted by atomic mass is 10.0. The van der Waals surface area contributed by atoms with Gasteiger partial charge in [0, 0.05) is 23.4 Å². The standard InChI is InChI=1S/C30H32N6O6S/c1-2-40-27(38)17-31-29(39)32-23-8-6-7-22(15-23)28-41-25(16-26(42-28)21-13-11-20(18-37)12-14-21)19-43-30-33-34-35-36(30)24-9-4-3-5-10-24/h3-15,25-26,28,37H,2,16-19H2,1H3,(H2,31,32,39). The fraction of sp³-hybridized carbons (Fsp3) is 0.300. The molecule has 0 saturated carbocycles. The van der Waals surface area contributed by atoms with Gasteiger partial charge < -0.3 is 30.0 Å². The van der Waals surface area contributed by atoms with Crippen molar-refractivity contribution in [3.8, 4) is 5.69 Å². The van der Waals surface area contributed by atoms with Crippen molar-refractivity contribution in [1.29, 1.82) is 0 Å². The van der Waals surface area contributed by atoms with Gasteiger partial charge in [-0.1, -0.05) is 66.4 Å². The first kappa shape index (κ1) is 30.2. The van der Waals surface area contributed by atoms with Crippen molar-refractivity contribution in [3.05, 3.63) is 95.6 Å². The van der Waals surface area contributed by atoms with E-state index in [9.17, 15) is 14.7 Å². The number of urea groups is 1. The normalized spacial score (nSPS) is 18.1. The topological polar surface area (TPSA) is 150 Å². The highest BCUT2D eigenvalue weighted by Crippen LogP contribution is 2.39. The molecule has 43 heavy (non-hydrogen) atoms. The Labute approximate surface area is 252 Å². The molecule has 5 rings (SSSR count). The van der Waals surface area contributed by atoms with E-state index in [0.29, 0.717) is 28.6 Å². The van der Waals surface area contributed by atoms with Crippen LogP contribution in [0.2, 0.25) is 0 Å². The Morgan fingerprint density at radius 2 is 1.86 bits per heavy atom. The number of anilines is 1. The molecule has 4 aromatic rings. The van der Waals surface area contributed by atoms with Gasteiger partial charge in [0.25, 0.3) is 0 Å². The van der Waals surface area contributed by atoms with Gasteiger partial charge in [0.05, 0.1) is 31.1 Å². The summed E-state index contributed by atoms with van der Waals surface area (Å²) in [5, 5.41) is 27.5. The van der Waals surface area contributed by atoms with Crippen LogP contribution in [0, 0.1) is 0 Å². The van der Waals surface area contributed by atoms with Crippen LogP contribution in [-0.4, -0.2) is 62.3 Å². The number of aromatic nitrogens is 4. The summed E-state index contributed by atoms with van der Waals surface area (Å²) in [5.74, 6) is 0.0436. The lowest BCUT2D eigenvalue weighted by Crippen LogP contribution is -2.34. The number of nitrogens with one attached hydrogen (secondary N) is 2. The van der Waals surface area contributed by atoms with E-state index in [1.807, 2.05) is 60.7 Å². The highest BCUT2D eigenvalue weighted by molar-refractivity contribution is 7.99. The Kier molecular flexibility index (Phi) is 10.3. The molecule has 0 bridgehead atoms. The average Bonchev–Trinajstić information content (AvgIpc) is 3.52. The number of esters is 1. The van der Waals surface area contributed by atoms with Crippen molar-refractivity contribution in [3.63, 3.8) is 0 Å². The molecular formula is C30H32N6O6S. The lowest BCUT2D eigenvalue weighted by molar-refractivity contribution is -0.245. The van der Waals surface area contributed by atoms with Gasteiger partial charge in [-0.3, -0.25) is 4.79 Å². The number of carbonyl (C=O) groups is 2. The predicted octanol–water partition coefficient (Wildman–Crippen LogP) is 4.18. The number of ether oxygens (including phenoxy) is 3. The number of hydrogen-bond acceptors (Lipinski definition) is 10. The minimum atomic E-state index is -0.726. The third-order valence-electron chi connectivity index (χ3n) is 6.57. The summed E-state index contributed by atoms with van der Waals surface area (Å²) in [4.78, 5) is 23.9. The van der Waals surface area contributed by atoms with Gasteiger partial charge >= 0.3 is 12.0 Å². The molecule has 1 saturated heterocycles. The summed E-state index contributed by atoms with van der Waals surface area (Å²) >= 11 is 1.49. The first-order chi connectivity index (χ1) is 21.0. The van der Waals surface area contributed by atoms with E-state index in [0.717, 1.165) is 16.8 Å². The van der Waals surface area contributed by atoms with Crippen LogP contribution in [-0.2, 0) is 25.6 Å². The van der Waals surface area contributed by atoms with Crippen molar-refractivity contribution < 1.29 is 28.9 Å². The van der Waals surface area contributed by atoms with Gasteiger partial charge in [0.2, 0.25) is 5.16 Å². The number of rotatable bonds is 11. The number of thioether (sulfide) groups is 1. The van der Waals surface area contributed by atoms with Crippen molar-refractivity contribution in [1.82, 2.24) is 25.5 Å². The monoisotopic (exact) mass is 604 g/mol. The Morgan fingerprint density at radius 1 is 1.05 bits per heavy atom. The summed E-state index contributed by atoms with van der Waals surface area (Å²) in [5.41, 5.74) is 3.85. The fourth-order valence-electron chi connectivity index (χ4n) is 4.49. The first-order valence-electron chi connectivity index (χ1n) is 13.8. The minimum absolute atomic E-state index is 0.0416. The average molecular weight is 605 g/mol. The van der Waals surface area contributed by atoms with Crippen LogP contribution in [0.4, 0.5) is 10.5 Å². The van der Waals surface area contributed by atoms with E-state index in [1.165, 1.54) is 11.8 Å². The van der Waals surface area contributed by atoms with Crippen molar-refractivity contribution in [2.24, 2.45) is 0 Å². The number of carbonyl (C=O) groups excluding carboxylic acids is 2. The molecule has 0 spiro atoms. The zero-order valence-electron chi connectivity index (χ0n) is 23.5. The molecule has 3 N–H and O–H groups in total. The van der Waals surface area contributed by atoms with Crippen LogP contribution in [0.3, 0.4) is 0 Å². The van der Waals surface area contributed by atoms with Crippen LogP contribution in [0.5, 0.6) is 0 Å². The van der Waals surface area contributed by atoms with E-state index < -0.39 is 18.3 Å². The Bertz CT molecular complexity index is 1500. The second-order valence-corrected chi connectivity index (χ2v) is 10.6. The molecule has 1 aliphatic rings. The molecular weight excluding hydrogens is 572 g/mol. The van der Waals surface area contributed by atoms with Gasteiger partial charge in [-0.05, 0) is 52.7 Å². The van der Waals surface area contributed by atoms with Gasteiger partial charge in [0.15, 0.2) is 6.29 Å². The van der Waals surface area contributed by atoms with E-state index in [-0.39, 0.29) is 32.0 Å². The molecule has 3 atom stereocenters. The molecule has 1 fully saturated rings. The number of tetrazole rings is 1. The van der Waals surface area contributed by atoms with E-state index in [2.05, 4.69) is 26.2 Å². The molecule has 1 aliphatic heterocycles. The van der Waals surface area contributed by atoms with Crippen LogP contribution < -0.4 is 10.6 Å². The zero-order chi connectivity index (χ0) is 30.0. The summed E-state index contributed by atoms with van der Waals surface area (Å²) < 4.78 is 19.4. The molecule has 224 valence electrons. The van der Waals surface area contributed by atoms with Gasteiger partial charge in [-0.15, -0.1) is 5.10 Å². The Morgan fingerprint density at radius 3 is 2.63 bits per heavy atom. The number of benzene rings is 3. The first-order valence-corrected chi connectivity index (χ1v) is 14.8. The quantitative estimate of drug-likeness (QED) is 0.168. The van der Waals surface area contributed by atoms with Crippen molar-refractivity contribution >= 4 is 29.4 Å². The maximum atomic E-state index is 12.3. The van der Waals surface area contributed by atoms with Crippen LogP contribution in [0.15, 0.2) is 84.0 Å². The van der Waals surface area contributed by atoms with Gasteiger partial charge in [0.1, 0.15) is 6.54 Å². The van der Waals surface area contributed by atoms with E-state index >= 15 is 0 Å². The number of aliphatic hydroxyl groups excluding tert-OH is 1. The molecule has 0 radical (unpaired) electrons. The Hall–Kier alpha value is -4.30. The zero-order valence-corrected chi connectivity index (χ0v) is 24.3. The maximum absolute atomic E-state index is 12.3. The molecule has 2 heterocycles. The number of nitrogens with zero attached hydrogens (tertiary/aromatic N) is 4. The SMILES string of the molecule is CCOC(=O)CNC(=O)Nc1cccc(C2OC(CSc3nnnn3-c3ccccc3)CC(c3ccc(CO)cc3)O2)c1. The molecule has 3 unspecified atom stereocenters. The molecule has 1 aromatic heterocycles. The molecule has 12 nitrogen and oxygen atoms in total. The largest absolute Gasteiger partial charge is 0.465 e. The van der Waals surface area contributed by atoms with Crippen molar-refractivity contribution in [2.75, 3.05) is 24.2 Å². The third kappa shape index (κ3) is 8.17. The van der Waals surface area contributed by atoms with Crippen LogP contribution >= 0.6 is 11.8 Å². The maximum Gasteiger partial charge on any atom is 0.325 e.